The van der Waals surface area contributed by atoms with Crippen molar-refractivity contribution in [3.05, 3.63) is 82.5 Å². The Labute approximate surface area is 183 Å². The molecule has 32 heavy (non-hydrogen) atoms. The average molecular weight is 432 g/mol. The maximum absolute atomic E-state index is 13.3. The molecule has 0 saturated carbocycles. The molecule has 162 valence electrons. The van der Waals surface area contributed by atoms with E-state index in [-0.39, 0.29) is 22.6 Å². The van der Waals surface area contributed by atoms with Gasteiger partial charge in [-0.25, -0.2) is 4.79 Å². The molecule has 1 heterocycles. The number of hydrogen-bond donors (Lipinski definition) is 0. The van der Waals surface area contributed by atoms with Crippen molar-refractivity contribution in [2.45, 2.75) is 6.92 Å². The van der Waals surface area contributed by atoms with E-state index in [1.807, 2.05) is 6.92 Å². The lowest BCUT2D eigenvalue weighted by atomic mass is 10.1. The first kappa shape index (κ1) is 21.0. The van der Waals surface area contributed by atoms with Crippen LogP contribution < -0.4 is 24.4 Å². The van der Waals surface area contributed by atoms with Crippen LogP contribution in [0, 0.1) is 6.92 Å². The summed E-state index contributed by atoms with van der Waals surface area (Å²) in [5.74, 6) is 0.996. The molecule has 0 unspecified atom stereocenters. The zero-order valence-electron chi connectivity index (χ0n) is 17.7. The van der Waals surface area contributed by atoms with E-state index in [4.69, 9.17) is 23.4 Å². The Morgan fingerprint density at radius 1 is 0.844 bits per heavy atom. The van der Waals surface area contributed by atoms with Crippen molar-refractivity contribution in [3.63, 3.8) is 0 Å². The van der Waals surface area contributed by atoms with E-state index in [1.165, 1.54) is 14.2 Å². The predicted molar refractivity (Wildman–Crippen MR) is 119 cm³/mol. The first-order valence-electron chi connectivity index (χ1n) is 9.74. The number of hydrogen-bond acceptors (Lipinski definition) is 7. The fourth-order valence-corrected chi connectivity index (χ4v) is 3.23. The Balaban J connectivity index is 1.85. The third-order valence-corrected chi connectivity index (χ3v) is 4.78. The summed E-state index contributed by atoms with van der Waals surface area (Å²) >= 11 is 0. The van der Waals surface area contributed by atoms with Gasteiger partial charge >= 0.3 is 6.16 Å². The Kier molecular flexibility index (Phi) is 5.81. The molecule has 0 aliphatic heterocycles. The number of carbonyl (C=O) groups excluding carboxylic acids is 1. The van der Waals surface area contributed by atoms with Gasteiger partial charge in [0.15, 0.2) is 17.3 Å². The Morgan fingerprint density at radius 3 is 2.31 bits per heavy atom. The second-order valence-corrected chi connectivity index (χ2v) is 6.93. The molecule has 7 nitrogen and oxygen atoms in total. The van der Waals surface area contributed by atoms with Crippen LogP contribution >= 0.6 is 0 Å². The SMILES string of the molecule is COc1ccc(-c2oc3cc(C)ccc3c(=O)c2OC(=O)Oc2ccccc2)cc1OC. The van der Waals surface area contributed by atoms with E-state index in [2.05, 4.69) is 0 Å². The van der Waals surface area contributed by atoms with E-state index in [0.29, 0.717) is 22.6 Å². The van der Waals surface area contributed by atoms with Crippen LogP contribution in [-0.2, 0) is 0 Å². The van der Waals surface area contributed by atoms with Gasteiger partial charge in [0.1, 0.15) is 11.3 Å². The largest absolute Gasteiger partial charge is 0.519 e. The van der Waals surface area contributed by atoms with Gasteiger partial charge in [0.05, 0.1) is 19.6 Å². The van der Waals surface area contributed by atoms with Crippen LogP contribution in [0.25, 0.3) is 22.3 Å². The van der Waals surface area contributed by atoms with Crippen molar-refractivity contribution in [2.24, 2.45) is 0 Å². The van der Waals surface area contributed by atoms with Crippen LogP contribution in [0.4, 0.5) is 4.79 Å². The first-order chi connectivity index (χ1) is 15.5. The third-order valence-electron chi connectivity index (χ3n) is 4.78. The lowest BCUT2D eigenvalue weighted by molar-refractivity contribution is 0.151. The number of fused-ring (bicyclic) bond motifs is 1. The number of aryl methyl sites for hydroxylation is 1. The number of methoxy groups -OCH3 is 2. The van der Waals surface area contributed by atoms with Crippen LogP contribution in [0.1, 0.15) is 5.56 Å². The molecule has 0 amide bonds. The minimum Gasteiger partial charge on any atom is -0.493 e. The van der Waals surface area contributed by atoms with Crippen LogP contribution in [0.15, 0.2) is 75.9 Å². The number of ether oxygens (including phenoxy) is 4. The zero-order chi connectivity index (χ0) is 22.7. The van der Waals surface area contributed by atoms with Gasteiger partial charge in [-0.1, -0.05) is 24.3 Å². The van der Waals surface area contributed by atoms with E-state index in [9.17, 15) is 9.59 Å². The molecule has 0 aliphatic rings. The highest BCUT2D eigenvalue weighted by Gasteiger charge is 2.23. The highest BCUT2D eigenvalue weighted by atomic mass is 16.7. The molecular formula is C25H20O7. The van der Waals surface area contributed by atoms with E-state index in [0.717, 1.165) is 5.56 Å². The summed E-state index contributed by atoms with van der Waals surface area (Å²) in [5, 5.41) is 0.280. The normalized spacial score (nSPS) is 10.6. The minimum absolute atomic E-state index is 0.0686. The van der Waals surface area contributed by atoms with Crippen molar-refractivity contribution < 1.29 is 28.2 Å². The van der Waals surface area contributed by atoms with Crippen LogP contribution in [0.3, 0.4) is 0 Å². The number of carbonyl (C=O) groups is 1. The minimum atomic E-state index is -1.06. The molecule has 3 aromatic carbocycles. The molecule has 0 spiro atoms. The maximum atomic E-state index is 13.3. The number of rotatable bonds is 5. The van der Waals surface area contributed by atoms with Crippen molar-refractivity contribution in [3.8, 4) is 34.3 Å². The summed E-state index contributed by atoms with van der Waals surface area (Å²) in [4.78, 5) is 25.7. The molecule has 0 saturated heterocycles. The molecule has 0 aliphatic carbocycles. The van der Waals surface area contributed by atoms with Gasteiger partial charge < -0.3 is 23.4 Å². The van der Waals surface area contributed by atoms with Gasteiger partial charge in [0, 0.05) is 5.56 Å². The topological polar surface area (TPSA) is 84.2 Å². The van der Waals surface area contributed by atoms with Gasteiger partial charge in [-0.2, -0.15) is 0 Å². The molecule has 4 rings (SSSR count). The summed E-state index contributed by atoms with van der Waals surface area (Å²) in [6.45, 7) is 1.89. The van der Waals surface area contributed by atoms with E-state index < -0.39 is 11.6 Å². The monoisotopic (exact) mass is 432 g/mol. The van der Waals surface area contributed by atoms with Crippen LogP contribution in [0.5, 0.6) is 23.0 Å². The van der Waals surface area contributed by atoms with Crippen molar-refractivity contribution in [1.29, 1.82) is 0 Å². The fourth-order valence-electron chi connectivity index (χ4n) is 3.23. The summed E-state index contributed by atoms with van der Waals surface area (Å²) < 4.78 is 27.2. The summed E-state index contributed by atoms with van der Waals surface area (Å²) in [7, 11) is 3.01. The molecule has 0 N–H and O–H groups in total. The van der Waals surface area contributed by atoms with Crippen molar-refractivity contribution >= 4 is 17.1 Å². The standard InChI is InChI=1S/C25H20O7/c1-15-9-11-18-20(13-15)31-23(16-10-12-19(28-2)21(14-16)29-3)24(22(18)26)32-25(27)30-17-7-5-4-6-8-17/h4-14H,1-3H3. The zero-order valence-corrected chi connectivity index (χ0v) is 17.7. The summed E-state index contributed by atoms with van der Waals surface area (Å²) in [5.41, 5.74) is 1.24. The Hall–Kier alpha value is -4.26. The molecule has 1 aromatic heterocycles. The fraction of sp³-hybridized carbons (Fsp3) is 0.120. The van der Waals surface area contributed by atoms with Gasteiger partial charge in [0.25, 0.3) is 0 Å². The second-order valence-electron chi connectivity index (χ2n) is 6.93. The van der Waals surface area contributed by atoms with Crippen LogP contribution in [0.2, 0.25) is 0 Å². The molecular weight excluding hydrogens is 412 g/mol. The molecule has 0 radical (unpaired) electrons. The molecule has 0 fully saturated rings. The average Bonchev–Trinajstić information content (AvgIpc) is 2.80. The lowest BCUT2D eigenvalue weighted by Crippen LogP contribution is -2.19. The van der Waals surface area contributed by atoms with Crippen LogP contribution in [-0.4, -0.2) is 20.4 Å². The third kappa shape index (κ3) is 4.13. The van der Waals surface area contributed by atoms with Crippen molar-refractivity contribution in [2.75, 3.05) is 14.2 Å². The predicted octanol–water partition coefficient (Wildman–Crippen LogP) is 5.36. The highest BCUT2D eigenvalue weighted by Crippen LogP contribution is 2.37. The lowest BCUT2D eigenvalue weighted by Gasteiger charge is -2.13. The highest BCUT2D eigenvalue weighted by molar-refractivity contribution is 5.84. The molecule has 0 bridgehead atoms. The van der Waals surface area contributed by atoms with Gasteiger partial charge in [-0.05, 0) is 55.0 Å². The van der Waals surface area contributed by atoms with Crippen molar-refractivity contribution in [1.82, 2.24) is 0 Å². The molecule has 0 atom stereocenters. The number of benzene rings is 3. The van der Waals surface area contributed by atoms with Gasteiger partial charge in [0.2, 0.25) is 11.2 Å². The smallest absolute Gasteiger partial charge is 0.493 e. The van der Waals surface area contributed by atoms with E-state index >= 15 is 0 Å². The quantitative estimate of drug-likeness (QED) is 0.310. The number of para-hydroxylation sites is 1. The summed E-state index contributed by atoms with van der Waals surface area (Å²) in [6.07, 6.45) is -1.06. The maximum Gasteiger partial charge on any atom is 0.519 e. The van der Waals surface area contributed by atoms with E-state index in [1.54, 1.807) is 66.7 Å². The first-order valence-corrected chi connectivity index (χ1v) is 9.74. The molecule has 4 aromatic rings. The van der Waals surface area contributed by atoms with Gasteiger partial charge in [-0.15, -0.1) is 0 Å². The van der Waals surface area contributed by atoms with Gasteiger partial charge in [-0.3, -0.25) is 4.79 Å². The molecule has 7 heteroatoms. The Morgan fingerprint density at radius 2 is 1.59 bits per heavy atom. The summed E-state index contributed by atoms with van der Waals surface area (Å²) in [6, 6.07) is 18.5. The second kappa shape index (κ2) is 8.85. The Bertz CT molecular complexity index is 1340.